The Kier molecular flexibility index (Phi) is 10.4. The normalized spacial score (nSPS) is 31.0. The molecular formula is C22H35Cl3O8Si2. The Morgan fingerprint density at radius 1 is 0.686 bits per heavy atom. The molecule has 0 radical (unpaired) electrons. The van der Waals surface area contributed by atoms with Gasteiger partial charge in [-0.2, -0.15) is 0 Å². The highest BCUT2D eigenvalue weighted by Crippen LogP contribution is 2.43. The third-order valence-electron chi connectivity index (χ3n) is 6.82. The molecule has 2 aliphatic carbocycles. The van der Waals surface area contributed by atoms with E-state index >= 15 is 0 Å². The number of ether oxygens (including phenoxy) is 2. The summed E-state index contributed by atoms with van der Waals surface area (Å²) in [4.78, 5) is 34.0. The van der Waals surface area contributed by atoms with Crippen molar-refractivity contribution in [3.8, 4) is 0 Å². The lowest BCUT2D eigenvalue weighted by molar-refractivity contribution is -0.147. The molecule has 0 spiro atoms. The Morgan fingerprint density at radius 2 is 1.09 bits per heavy atom. The van der Waals surface area contributed by atoms with Crippen LogP contribution in [0.4, 0.5) is 0 Å². The molecule has 2 saturated carbocycles. The Hall–Kier alpha value is -0.366. The zero-order chi connectivity index (χ0) is 25.8. The van der Waals surface area contributed by atoms with E-state index in [1.165, 1.54) is 40.0 Å². The van der Waals surface area contributed by atoms with Crippen LogP contribution in [-0.2, 0) is 37.1 Å². The molecule has 0 bridgehead atoms. The number of carbonyl (C=O) groups is 3. The number of halogens is 3. The summed E-state index contributed by atoms with van der Waals surface area (Å²) >= 11 is 17.5. The fraction of sp³-hybridized carbons (Fsp3) is 0.864. The molecule has 200 valence electrons. The van der Waals surface area contributed by atoms with Gasteiger partial charge in [0.1, 0.15) is 0 Å². The maximum absolute atomic E-state index is 11.3. The molecule has 4 aliphatic rings. The van der Waals surface area contributed by atoms with Crippen LogP contribution in [0, 0.1) is 11.8 Å². The van der Waals surface area contributed by atoms with Gasteiger partial charge in [-0.15, -0.1) is 33.2 Å². The molecule has 4 rings (SSSR count). The van der Waals surface area contributed by atoms with Crippen molar-refractivity contribution in [2.24, 2.45) is 11.8 Å². The molecule has 2 saturated heterocycles. The van der Waals surface area contributed by atoms with Crippen LogP contribution >= 0.6 is 33.2 Å². The van der Waals surface area contributed by atoms with Gasteiger partial charge in [0.25, 0.3) is 17.9 Å². The smallest absolute Gasteiger partial charge is 0.455 e. The summed E-state index contributed by atoms with van der Waals surface area (Å²) in [6.45, 7) is 3.62. The first-order chi connectivity index (χ1) is 16.3. The van der Waals surface area contributed by atoms with Gasteiger partial charge in [-0.05, 0) is 69.2 Å². The number of carbonyl (C=O) groups excluding carboxylic acids is 3. The molecule has 0 amide bonds. The summed E-state index contributed by atoms with van der Waals surface area (Å²) in [5, 5.41) is 0. The zero-order valence-corrected chi connectivity index (χ0v) is 24.7. The van der Waals surface area contributed by atoms with Crippen molar-refractivity contribution in [2.75, 3.05) is 0 Å². The van der Waals surface area contributed by atoms with E-state index < -0.39 is 32.7 Å². The highest BCUT2D eigenvalue weighted by atomic mass is 35.8. The fourth-order valence-corrected chi connectivity index (χ4v) is 9.34. The molecule has 2 aliphatic heterocycles. The second-order valence-corrected chi connectivity index (χ2v) is 21.7. The topological polar surface area (TPSA) is 104 Å². The quantitative estimate of drug-likeness (QED) is 0.206. The largest absolute Gasteiger partial charge is 0.705 e. The van der Waals surface area contributed by atoms with Gasteiger partial charge in [0, 0.05) is 20.8 Å². The van der Waals surface area contributed by atoms with Crippen molar-refractivity contribution in [3.05, 3.63) is 0 Å². The Balaban J connectivity index is 0.000000223. The number of rotatable bonds is 9. The van der Waals surface area contributed by atoms with Crippen LogP contribution in [0.15, 0.2) is 0 Å². The van der Waals surface area contributed by atoms with Gasteiger partial charge < -0.3 is 22.8 Å². The van der Waals surface area contributed by atoms with Crippen LogP contribution in [0.3, 0.4) is 0 Å². The van der Waals surface area contributed by atoms with Gasteiger partial charge in [-0.25, -0.2) is 0 Å². The van der Waals surface area contributed by atoms with Crippen LogP contribution in [0.2, 0.25) is 12.1 Å². The van der Waals surface area contributed by atoms with E-state index in [0.29, 0.717) is 36.8 Å². The minimum atomic E-state index is -3.67. The molecule has 0 aromatic carbocycles. The van der Waals surface area contributed by atoms with Crippen LogP contribution in [0.25, 0.3) is 0 Å². The van der Waals surface area contributed by atoms with Crippen molar-refractivity contribution in [2.45, 2.75) is 109 Å². The Labute approximate surface area is 223 Å². The van der Waals surface area contributed by atoms with E-state index in [1.807, 2.05) is 0 Å². The Morgan fingerprint density at radius 3 is 1.43 bits per heavy atom. The van der Waals surface area contributed by atoms with Gasteiger partial charge >= 0.3 is 14.8 Å². The lowest BCUT2D eigenvalue weighted by atomic mass is 9.88. The first-order valence-corrected chi connectivity index (χ1v) is 19.5. The van der Waals surface area contributed by atoms with E-state index in [9.17, 15) is 14.4 Å². The third kappa shape index (κ3) is 10.5. The number of fused-ring (bicyclic) bond motifs is 2. The van der Waals surface area contributed by atoms with Crippen molar-refractivity contribution in [1.82, 2.24) is 0 Å². The van der Waals surface area contributed by atoms with E-state index in [1.54, 1.807) is 0 Å². The first-order valence-electron chi connectivity index (χ1n) is 12.3. The molecule has 6 atom stereocenters. The Bertz CT molecular complexity index is 739. The molecule has 8 nitrogen and oxygen atoms in total. The van der Waals surface area contributed by atoms with Gasteiger partial charge in [-0.3, -0.25) is 14.4 Å². The second-order valence-electron chi connectivity index (χ2n) is 9.94. The molecule has 4 fully saturated rings. The molecule has 6 unspecified atom stereocenters. The predicted molar refractivity (Wildman–Crippen MR) is 135 cm³/mol. The molecule has 13 heteroatoms. The van der Waals surface area contributed by atoms with E-state index in [0.717, 1.165) is 37.6 Å². The third-order valence-corrected chi connectivity index (χ3v) is 12.1. The minimum absolute atomic E-state index is 0.258. The van der Waals surface area contributed by atoms with Crippen LogP contribution in [0.5, 0.6) is 0 Å². The number of hydrogen-bond donors (Lipinski definition) is 0. The van der Waals surface area contributed by atoms with Crippen molar-refractivity contribution < 1.29 is 37.1 Å². The molecular weight excluding hydrogens is 555 g/mol. The summed E-state index contributed by atoms with van der Waals surface area (Å²) in [6, 6.07) is -1.31. The summed E-state index contributed by atoms with van der Waals surface area (Å²) in [6.07, 6.45) is 10.3. The van der Waals surface area contributed by atoms with Crippen LogP contribution < -0.4 is 0 Å². The molecule has 0 aromatic rings. The van der Waals surface area contributed by atoms with Gasteiger partial charge in [0.05, 0.1) is 30.5 Å². The summed E-state index contributed by atoms with van der Waals surface area (Å²) in [5.74, 6) is -0.723. The monoisotopic (exact) mass is 588 g/mol. The summed E-state index contributed by atoms with van der Waals surface area (Å²) in [5.41, 5.74) is 0. The number of epoxide rings is 2. The molecule has 0 aromatic heterocycles. The fourth-order valence-electron chi connectivity index (χ4n) is 5.12. The maximum atomic E-state index is 11.3. The van der Waals surface area contributed by atoms with Crippen LogP contribution in [-0.4, -0.2) is 57.1 Å². The average molecular weight is 590 g/mol. The van der Waals surface area contributed by atoms with E-state index in [4.69, 9.17) is 56.0 Å². The van der Waals surface area contributed by atoms with Crippen LogP contribution in [0.1, 0.15) is 72.1 Å². The first kappa shape index (κ1) is 29.2. The minimum Gasteiger partial charge on any atom is -0.455 e. The predicted octanol–water partition coefficient (Wildman–Crippen LogP) is 5.17. The lowest BCUT2D eigenvalue weighted by Gasteiger charge is -2.28. The average Bonchev–Trinajstić information content (AvgIpc) is 3.63. The van der Waals surface area contributed by atoms with E-state index in [2.05, 4.69) is 0 Å². The van der Waals surface area contributed by atoms with Crippen molar-refractivity contribution in [3.63, 3.8) is 0 Å². The van der Waals surface area contributed by atoms with Gasteiger partial charge in [0.2, 0.25) is 0 Å². The van der Waals surface area contributed by atoms with E-state index in [-0.39, 0.29) is 6.04 Å². The van der Waals surface area contributed by atoms with Crippen molar-refractivity contribution in [1.29, 1.82) is 0 Å². The van der Waals surface area contributed by atoms with Gasteiger partial charge in [0.15, 0.2) is 0 Å². The highest BCUT2D eigenvalue weighted by Gasteiger charge is 2.53. The highest BCUT2D eigenvalue weighted by molar-refractivity contribution is 7.64. The standard InChI is InChI=1S/C14H22O7Si.C8H13Cl3OSi/c1-9(15)19-22(20-10(2)16,21-11(3)17)7-6-12-4-5-13-14(8-12)18-13;9-13(10,11)4-3-6-1-2-7-8(5-6)12-7/h12-14H,4-8H2,1-3H3;6-8H,1-5H2. The molecule has 35 heavy (non-hydrogen) atoms. The molecule has 2 heterocycles. The second kappa shape index (κ2) is 12.5. The summed E-state index contributed by atoms with van der Waals surface area (Å²) in [7, 11) is -3.67. The zero-order valence-electron chi connectivity index (χ0n) is 20.4. The number of hydrogen-bond acceptors (Lipinski definition) is 8. The van der Waals surface area contributed by atoms with Crippen molar-refractivity contribution >= 4 is 66.0 Å². The summed E-state index contributed by atoms with van der Waals surface area (Å²) < 4.78 is 26.5. The molecule has 0 N–H and O–H groups in total. The SMILES string of the molecule is CC(=O)O[Si](CCC1CCC2OC2C1)(OC(C)=O)OC(C)=O.Cl[Si](Cl)(Cl)CCC1CCC2OC2C1. The van der Waals surface area contributed by atoms with Gasteiger partial charge in [-0.1, -0.05) is 0 Å². The maximum Gasteiger partial charge on any atom is 0.705 e. The lowest BCUT2D eigenvalue weighted by Crippen LogP contribution is -2.49.